The number of esters is 1. The number of benzene rings is 1. The topological polar surface area (TPSA) is 79.4 Å². The molecule has 5 heteroatoms. The molecule has 0 unspecified atom stereocenters. The minimum absolute atomic E-state index is 0.116. The molecule has 0 aliphatic carbocycles. The fraction of sp³-hybridized carbons (Fsp3) is 0.143. The number of carbonyl (C=O) groups is 2. The van der Waals surface area contributed by atoms with E-state index in [-0.39, 0.29) is 12.3 Å². The Bertz CT molecular complexity index is 703. The zero-order chi connectivity index (χ0) is 13.8. The van der Waals surface area contributed by atoms with E-state index < -0.39 is 11.9 Å². The van der Waals surface area contributed by atoms with E-state index in [0.29, 0.717) is 11.1 Å². The summed E-state index contributed by atoms with van der Waals surface area (Å²) in [5.74, 6) is 3.43. The molecule has 0 aliphatic rings. The number of rotatable bonds is 2. The van der Waals surface area contributed by atoms with Crippen molar-refractivity contribution in [2.45, 2.75) is 6.92 Å². The molecule has 2 N–H and O–H groups in total. The zero-order valence-electron chi connectivity index (χ0n) is 10.2. The van der Waals surface area contributed by atoms with Gasteiger partial charge in [0.2, 0.25) is 0 Å². The average molecular weight is 257 g/mol. The molecule has 0 saturated carbocycles. The van der Waals surface area contributed by atoms with Crippen molar-refractivity contribution in [3.8, 4) is 11.8 Å². The van der Waals surface area contributed by atoms with E-state index in [1.165, 1.54) is 6.07 Å². The molecular weight excluding hydrogens is 246 g/mol. The second-order valence-electron chi connectivity index (χ2n) is 3.76. The van der Waals surface area contributed by atoms with Gasteiger partial charge in [0, 0.05) is 22.4 Å². The van der Waals surface area contributed by atoms with Gasteiger partial charge in [0.15, 0.2) is 0 Å². The molecule has 0 bridgehead atoms. The Kier molecular flexibility index (Phi) is 3.53. The second-order valence-corrected chi connectivity index (χ2v) is 3.76. The molecule has 0 fully saturated rings. The number of hydrogen-bond donors (Lipinski definition) is 2. The molecule has 1 aromatic heterocycles. The number of hydrogen-bond acceptors (Lipinski definition) is 3. The van der Waals surface area contributed by atoms with Gasteiger partial charge >= 0.3 is 11.9 Å². The van der Waals surface area contributed by atoms with Crippen LogP contribution >= 0.6 is 0 Å². The van der Waals surface area contributed by atoms with Crippen molar-refractivity contribution in [1.82, 2.24) is 4.98 Å². The van der Waals surface area contributed by atoms with Crippen LogP contribution in [0.5, 0.6) is 0 Å². The zero-order valence-corrected chi connectivity index (χ0v) is 10.2. The first-order chi connectivity index (χ1) is 9.10. The summed E-state index contributed by atoms with van der Waals surface area (Å²) in [6.07, 6.45) is 0. The molecule has 0 saturated heterocycles. The van der Waals surface area contributed by atoms with Gasteiger partial charge in [-0.15, -0.1) is 0 Å². The Morgan fingerprint density at radius 2 is 2.16 bits per heavy atom. The van der Waals surface area contributed by atoms with Crippen LogP contribution in [-0.4, -0.2) is 28.6 Å². The van der Waals surface area contributed by atoms with Crippen LogP contribution in [0.3, 0.4) is 0 Å². The molecule has 0 atom stereocenters. The van der Waals surface area contributed by atoms with Gasteiger partial charge in [0.05, 0.1) is 6.61 Å². The molecule has 0 radical (unpaired) electrons. The molecule has 96 valence electrons. The molecule has 19 heavy (non-hydrogen) atoms. The minimum Gasteiger partial charge on any atom is -0.477 e. The molecule has 2 aromatic rings. The summed E-state index contributed by atoms with van der Waals surface area (Å²) in [6.45, 7) is 1.99. The van der Waals surface area contributed by atoms with Gasteiger partial charge in [0.25, 0.3) is 0 Å². The number of carboxylic acids is 1. The summed E-state index contributed by atoms with van der Waals surface area (Å²) in [5.41, 5.74) is 1.45. The van der Waals surface area contributed by atoms with Crippen LogP contribution in [0, 0.1) is 11.8 Å². The number of fused-ring (bicyclic) bond motifs is 1. The first kappa shape index (κ1) is 12.7. The highest BCUT2D eigenvalue weighted by Crippen LogP contribution is 2.16. The Balaban J connectivity index is 2.31. The number of H-pyrrole nitrogens is 1. The number of nitrogens with one attached hydrogen (secondary N) is 1. The fourth-order valence-electron chi connectivity index (χ4n) is 1.62. The monoisotopic (exact) mass is 257 g/mol. The fourth-order valence-corrected chi connectivity index (χ4v) is 1.62. The lowest BCUT2D eigenvalue weighted by Gasteiger charge is -1.93. The lowest BCUT2D eigenvalue weighted by molar-refractivity contribution is -0.136. The second kappa shape index (κ2) is 5.27. The van der Waals surface area contributed by atoms with Crippen molar-refractivity contribution >= 4 is 22.8 Å². The van der Waals surface area contributed by atoms with E-state index in [0.717, 1.165) is 5.39 Å². The van der Waals surface area contributed by atoms with Crippen molar-refractivity contribution < 1.29 is 19.4 Å². The van der Waals surface area contributed by atoms with Gasteiger partial charge < -0.3 is 14.8 Å². The SMILES string of the molecule is CCOC(=O)C#Cc1ccc2[nH]c(C(=O)O)cc2c1. The number of aromatic amines is 1. The third-order valence-electron chi connectivity index (χ3n) is 2.44. The van der Waals surface area contributed by atoms with E-state index in [2.05, 4.69) is 16.8 Å². The van der Waals surface area contributed by atoms with Crippen LogP contribution in [0.25, 0.3) is 10.9 Å². The van der Waals surface area contributed by atoms with Gasteiger partial charge in [-0.3, -0.25) is 0 Å². The van der Waals surface area contributed by atoms with Crippen molar-refractivity contribution in [2.24, 2.45) is 0 Å². The van der Waals surface area contributed by atoms with Crippen molar-refractivity contribution in [2.75, 3.05) is 6.61 Å². The highest BCUT2D eigenvalue weighted by molar-refractivity contribution is 5.94. The predicted octanol–water partition coefficient (Wildman–Crippen LogP) is 1.78. The van der Waals surface area contributed by atoms with E-state index >= 15 is 0 Å². The number of carbonyl (C=O) groups excluding carboxylic acids is 1. The van der Waals surface area contributed by atoms with E-state index in [4.69, 9.17) is 9.84 Å². The number of carboxylic acid groups (broad SMARTS) is 1. The van der Waals surface area contributed by atoms with Crippen LogP contribution in [0.15, 0.2) is 24.3 Å². The van der Waals surface area contributed by atoms with Gasteiger partial charge in [-0.2, -0.15) is 0 Å². The quantitative estimate of drug-likeness (QED) is 0.635. The summed E-state index contributed by atoms with van der Waals surface area (Å²) in [7, 11) is 0. The molecule has 5 nitrogen and oxygen atoms in total. The maximum atomic E-state index is 11.1. The smallest absolute Gasteiger partial charge is 0.384 e. The molecule has 1 aromatic carbocycles. The van der Waals surface area contributed by atoms with Gasteiger partial charge in [-0.05, 0) is 31.2 Å². The normalized spacial score (nSPS) is 9.74. The Hall–Kier alpha value is -2.74. The van der Waals surface area contributed by atoms with Gasteiger partial charge in [-0.25, -0.2) is 9.59 Å². The van der Waals surface area contributed by atoms with Crippen LogP contribution in [0.2, 0.25) is 0 Å². The van der Waals surface area contributed by atoms with Crippen molar-refractivity contribution in [3.05, 3.63) is 35.5 Å². The maximum Gasteiger partial charge on any atom is 0.384 e. The Morgan fingerprint density at radius 1 is 1.37 bits per heavy atom. The number of ether oxygens (including phenoxy) is 1. The molecule has 0 amide bonds. The molecule has 0 aliphatic heterocycles. The van der Waals surface area contributed by atoms with Gasteiger partial charge in [0.1, 0.15) is 5.69 Å². The predicted molar refractivity (Wildman–Crippen MR) is 68.8 cm³/mol. The maximum absolute atomic E-state index is 11.1. The lowest BCUT2D eigenvalue weighted by Crippen LogP contribution is -1.99. The van der Waals surface area contributed by atoms with Crippen LogP contribution in [0.4, 0.5) is 0 Å². The van der Waals surface area contributed by atoms with Crippen LogP contribution in [-0.2, 0) is 9.53 Å². The first-order valence-electron chi connectivity index (χ1n) is 5.65. The van der Waals surface area contributed by atoms with Crippen LogP contribution < -0.4 is 0 Å². The largest absolute Gasteiger partial charge is 0.477 e. The summed E-state index contributed by atoms with van der Waals surface area (Å²) in [4.78, 5) is 24.7. The average Bonchev–Trinajstić information content (AvgIpc) is 2.80. The lowest BCUT2D eigenvalue weighted by atomic mass is 10.1. The van der Waals surface area contributed by atoms with Crippen LogP contribution in [0.1, 0.15) is 23.0 Å². The molecule has 0 spiro atoms. The van der Waals surface area contributed by atoms with E-state index in [1.807, 2.05) is 0 Å². The highest BCUT2D eigenvalue weighted by atomic mass is 16.5. The van der Waals surface area contributed by atoms with Gasteiger partial charge in [-0.1, -0.05) is 5.92 Å². The summed E-state index contributed by atoms with van der Waals surface area (Å²) < 4.78 is 4.69. The molecule has 1 heterocycles. The Labute approximate surface area is 109 Å². The van der Waals surface area contributed by atoms with Crippen molar-refractivity contribution in [3.63, 3.8) is 0 Å². The van der Waals surface area contributed by atoms with E-state index in [1.54, 1.807) is 25.1 Å². The number of aromatic carboxylic acids is 1. The standard InChI is InChI=1S/C14H11NO4/c1-2-19-13(16)6-4-9-3-5-11-10(7-9)8-12(15-11)14(17)18/h3,5,7-8,15H,2H2,1H3,(H,17,18). The first-order valence-corrected chi connectivity index (χ1v) is 5.65. The Morgan fingerprint density at radius 3 is 2.84 bits per heavy atom. The third kappa shape index (κ3) is 2.93. The minimum atomic E-state index is -1.02. The van der Waals surface area contributed by atoms with Crippen molar-refractivity contribution in [1.29, 1.82) is 0 Å². The van der Waals surface area contributed by atoms with E-state index in [9.17, 15) is 9.59 Å². The third-order valence-corrected chi connectivity index (χ3v) is 2.44. The summed E-state index contributed by atoms with van der Waals surface area (Å²) >= 11 is 0. The highest BCUT2D eigenvalue weighted by Gasteiger charge is 2.07. The summed E-state index contributed by atoms with van der Waals surface area (Å²) in [6, 6.07) is 6.66. The molecule has 2 rings (SSSR count). The summed E-state index contributed by atoms with van der Waals surface area (Å²) in [5, 5.41) is 9.60. The molecular formula is C14H11NO4. The number of aromatic nitrogens is 1.